The quantitative estimate of drug-likeness (QED) is 0.623. The Labute approximate surface area is 118 Å². The molecule has 0 amide bonds. The Morgan fingerprint density at radius 2 is 1.79 bits per heavy atom. The highest BCUT2D eigenvalue weighted by Crippen LogP contribution is 2.19. The number of nitrogens with zero attached hydrogens (tertiary/aromatic N) is 1. The molecule has 19 heavy (non-hydrogen) atoms. The molecular formula is C16H16ClNO. The van der Waals surface area contributed by atoms with Gasteiger partial charge in [-0.2, -0.15) is 0 Å². The summed E-state index contributed by atoms with van der Waals surface area (Å²) < 4.78 is 0. The summed E-state index contributed by atoms with van der Waals surface area (Å²) >= 11 is 5.72. The molecule has 3 heteroatoms. The zero-order valence-corrected chi connectivity index (χ0v) is 12.1. The Kier molecular flexibility index (Phi) is 4.01. The van der Waals surface area contributed by atoms with Gasteiger partial charge in [0, 0.05) is 18.2 Å². The fraction of sp³-hybridized carbons (Fsp3) is 0.250. The van der Waals surface area contributed by atoms with Gasteiger partial charge >= 0.3 is 0 Å². The van der Waals surface area contributed by atoms with Crippen LogP contribution in [0.4, 0.5) is 0 Å². The third-order valence-electron chi connectivity index (χ3n) is 3.23. The van der Waals surface area contributed by atoms with Crippen molar-refractivity contribution in [3.8, 4) is 0 Å². The maximum atomic E-state index is 12.2. The lowest BCUT2D eigenvalue weighted by molar-refractivity contribution is 0.0992. The van der Waals surface area contributed by atoms with Gasteiger partial charge < -0.3 is 0 Å². The molecule has 0 bridgehead atoms. The first-order valence-corrected chi connectivity index (χ1v) is 6.56. The first-order chi connectivity index (χ1) is 8.97. The summed E-state index contributed by atoms with van der Waals surface area (Å²) in [5, 5.41) is 0.402. The van der Waals surface area contributed by atoms with Crippen LogP contribution < -0.4 is 0 Å². The van der Waals surface area contributed by atoms with E-state index in [2.05, 4.69) is 24.0 Å². The number of hydrogen-bond acceptors (Lipinski definition) is 2. The van der Waals surface area contributed by atoms with Crippen LogP contribution in [0.3, 0.4) is 0 Å². The molecule has 1 heterocycles. The molecule has 0 unspecified atom stereocenters. The molecular weight excluding hydrogens is 258 g/mol. The lowest BCUT2D eigenvalue weighted by atomic mass is 9.94. The first kappa shape index (κ1) is 13.8. The molecule has 0 aliphatic heterocycles. The molecule has 0 aliphatic carbocycles. The monoisotopic (exact) mass is 273 g/mol. The van der Waals surface area contributed by atoms with Crippen molar-refractivity contribution >= 4 is 17.4 Å². The van der Waals surface area contributed by atoms with Gasteiger partial charge in [-0.15, -0.1) is 0 Å². The van der Waals surface area contributed by atoms with Crippen molar-refractivity contribution in [2.45, 2.75) is 27.2 Å². The van der Waals surface area contributed by atoms with Crippen LogP contribution >= 0.6 is 11.6 Å². The number of carbonyl (C=O) groups is 1. The van der Waals surface area contributed by atoms with Crippen molar-refractivity contribution in [2.24, 2.45) is 0 Å². The average Bonchev–Trinajstić information content (AvgIpc) is 2.34. The van der Waals surface area contributed by atoms with Gasteiger partial charge in [0.15, 0.2) is 5.78 Å². The number of ketones is 1. The average molecular weight is 274 g/mol. The number of rotatable bonds is 3. The SMILES string of the molecule is Cc1cc(C)c(CC(=O)c2ccc(Cl)nc2)c(C)c1. The molecule has 0 atom stereocenters. The number of aryl methyl sites for hydroxylation is 3. The molecule has 1 aromatic heterocycles. The van der Waals surface area contributed by atoms with Gasteiger partial charge in [-0.1, -0.05) is 29.3 Å². The molecule has 0 saturated heterocycles. The summed E-state index contributed by atoms with van der Waals surface area (Å²) in [4.78, 5) is 16.2. The Morgan fingerprint density at radius 1 is 1.16 bits per heavy atom. The smallest absolute Gasteiger partial charge is 0.168 e. The third-order valence-corrected chi connectivity index (χ3v) is 3.45. The van der Waals surface area contributed by atoms with E-state index in [4.69, 9.17) is 11.6 Å². The van der Waals surface area contributed by atoms with E-state index in [9.17, 15) is 4.79 Å². The van der Waals surface area contributed by atoms with Crippen LogP contribution in [0.2, 0.25) is 5.15 Å². The second-order valence-electron chi connectivity index (χ2n) is 4.85. The Morgan fingerprint density at radius 3 is 2.32 bits per heavy atom. The van der Waals surface area contributed by atoms with Crippen LogP contribution in [-0.2, 0) is 6.42 Å². The minimum absolute atomic E-state index is 0.0687. The molecule has 2 aromatic rings. The fourth-order valence-corrected chi connectivity index (χ4v) is 2.40. The van der Waals surface area contributed by atoms with E-state index in [0.29, 0.717) is 17.1 Å². The third kappa shape index (κ3) is 3.21. The number of carbonyl (C=O) groups excluding carboxylic acids is 1. The molecule has 0 N–H and O–H groups in total. The number of halogens is 1. The lowest BCUT2D eigenvalue weighted by Gasteiger charge is -2.10. The largest absolute Gasteiger partial charge is 0.294 e. The van der Waals surface area contributed by atoms with Crippen molar-refractivity contribution < 1.29 is 4.79 Å². The molecule has 0 radical (unpaired) electrons. The summed E-state index contributed by atoms with van der Waals surface area (Å²) in [5.74, 6) is 0.0687. The number of Topliss-reactive ketones (excluding diaryl/α,β-unsaturated/α-hetero) is 1. The first-order valence-electron chi connectivity index (χ1n) is 6.19. The van der Waals surface area contributed by atoms with Crippen LogP contribution in [0, 0.1) is 20.8 Å². The normalized spacial score (nSPS) is 10.5. The summed E-state index contributed by atoms with van der Waals surface area (Å²) in [7, 11) is 0. The van der Waals surface area contributed by atoms with Gasteiger partial charge in [-0.05, 0) is 49.6 Å². The highest BCUT2D eigenvalue weighted by Gasteiger charge is 2.11. The molecule has 2 rings (SSSR count). The van der Waals surface area contributed by atoms with Gasteiger partial charge in [0.25, 0.3) is 0 Å². The van der Waals surface area contributed by atoms with Gasteiger partial charge in [0.1, 0.15) is 5.15 Å². The Hall–Kier alpha value is -1.67. The second-order valence-corrected chi connectivity index (χ2v) is 5.23. The van der Waals surface area contributed by atoms with Crippen molar-refractivity contribution in [3.05, 3.63) is 63.4 Å². The summed E-state index contributed by atoms with van der Waals surface area (Å²) in [6.45, 7) is 6.15. The summed E-state index contributed by atoms with van der Waals surface area (Å²) in [6, 6.07) is 7.58. The number of hydrogen-bond donors (Lipinski definition) is 0. The van der Waals surface area contributed by atoms with Crippen molar-refractivity contribution in [3.63, 3.8) is 0 Å². The number of aromatic nitrogens is 1. The van der Waals surface area contributed by atoms with Gasteiger partial charge in [-0.3, -0.25) is 4.79 Å². The van der Waals surface area contributed by atoms with E-state index in [1.54, 1.807) is 12.1 Å². The molecule has 1 aromatic carbocycles. The molecule has 0 saturated carbocycles. The van der Waals surface area contributed by atoms with Gasteiger partial charge in [0.05, 0.1) is 0 Å². The minimum Gasteiger partial charge on any atom is -0.294 e. The Bertz CT molecular complexity index is 594. The van der Waals surface area contributed by atoms with Gasteiger partial charge in [-0.25, -0.2) is 4.98 Å². The maximum Gasteiger partial charge on any atom is 0.168 e. The molecule has 0 spiro atoms. The van der Waals surface area contributed by atoms with E-state index < -0.39 is 0 Å². The van der Waals surface area contributed by atoms with E-state index in [1.165, 1.54) is 11.8 Å². The van der Waals surface area contributed by atoms with Crippen molar-refractivity contribution in [2.75, 3.05) is 0 Å². The number of benzene rings is 1. The van der Waals surface area contributed by atoms with E-state index >= 15 is 0 Å². The lowest BCUT2D eigenvalue weighted by Crippen LogP contribution is -2.07. The predicted octanol–water partition coefficient (Wildman–Crippen LogP) is 4.09. The fourth-order valence-electron chi connectivity index (χ4n) is 2.29. The molecule has 0 fully saturated rings. The number of pyridine rings is 1. The molecule has 0 aliphatic rings. The summed E-state index contributed by atoms with van der Waals surface area (Å²) in [5.41, 5.74) is 5.24. The van der Waals surface area contributed by atoms with Crippen LogP contribution in [0.1, 0.15) is 32.6 Å². The van der Waals surface area contributed by atoms with Crippen LogP contribution in [-0.4, -0.2) is 10.8 Å². The van der Waals surface area contributed by atoms with Crippen molar-refractivity contribution in [1.29, 1.82) is 0 Å². The van der Waals surface area contributed by atoms with Crippen LogP contribution in [0.5, 0.6) is 0 Å². The van der Waals surface area contributed by atoms with E-state index in [1.807, 2.05) is 13.8 Å². The Balaban J connectivity index is 2.26. The standard InChI is InChI=1S/C16H16ClNO/c1-10-6-11(2)14(12(3)7-10)8-15(19)13-4-5-16(17)18-9-13/h4-7,9H,8H2,1-3H3. The van der Waals surface area contributed by atoms with E-state index in [-0.39, 0.29) is 5.78 Å². The van der Waals surface area contributed by atoms with Crippen LogP contribution in [0.15, 0.2) is 30.5 Å². The predicted molar refractivity (Wildman–Crippen MR) is 77.9 cm³/mol. The molecule has 2 nitrogen and oxygen atoms in total. The highest BCUT2D eigenvalue weighted by atomic mass is 35.5. The zero-order valence-electron chi connectivity index (χ0n) is 11.3. The van der Waals surface area contributed by atoms with Gasteiger partial charge in [0.2, 0.25) is 0 Å². The minimum atomic E-state index is 0.0687. The second kappa shape index (κ2) is 5.54. The van der Waals surface area contributed by atoms with Crippen molar-refractivity contribution in [1.82, 2.24) is 4.98 Å². The zero-order chi connectivity index (χ0) is 14.0. The maximum absolute atomic E-state index is 12.2. The highest BCUT2D eigenvalue weighted by molar-refractivity contribution is 6.29. The topological polar surface area (TPSA) is 30.0 Å². The van der Waals surface area contributed by atoms with E-state index in [0.717, 1.165) is 16.7 Å². The summed E-state index contributed by atoms with van der Waals surface area (Å²) in [6.07, 6.45) is 1.94. The van der Waals surface area contributed by atoms with Crippen LogP contribution in [0.25, 0.3) is 0 Å². The molecule has 98 valence electrons.